The first-order valence-electron chi connectivity index (χ1n) is 4.95. The summed E-state index contributed by atoms with van der Waals surface area (Å²) in [6, 6.07) is 7.93. The van der Waals surface area contributed by atoms with Crippen LogP contribution in [0.5, 0.6) is 0 Å². The lowest BCUT2D eigenvalue weighted by Crippen LogP contribution is -1.73. The third kappa shape index (κ3) is 3.99. The Hall–Kier alpha value is -1.44. The highest BCUT2D eigenvalue weighted by Gasteiger charge is 1.88. The van der Waals surface area contributed by atoms with E-state index in [9.17, 15) is 0 Å². The Bertz CT molecular complexity index is 308. The molecule has 0 spiro atoms. The summed E-state index contributed by atoms with van der Waals surface area (Å²) in [4.78, 5) is 3.00. The first kappa shape index (κ1) is 10.6. The fourth-order valence-corrected chi connectivity index (χ4v) is 1.12. The van der Waals surface area contributed by atoms with Crippen LogP contribution < -0.4 is 0 Å². The van der Waals surface area contributed by atoms with Crippen LogP contribution in [-0.2, 0) is 6.42 Å². The minimum Gasteiger partial charge on any atom is -0.469 e. The molecule has 76 valence electrons. The predicted octanol–water partition coefficient (Wildman–Crippen LogP) is 3.56. The molecule has 1 N–H and O–H groups in total. The topological polar surface area (TPSA) is 28.9 Å². The van der Waals surface area contributed by atoms with E-state index >= 15 is 0 Å². The molecule has 0 aromatic carbocycles. The molecule has 0 saturated heterocycles. The van der Waals surface area contributed by atoms with E-state index in [1.54, 1.807) is 6.26 Å². The number of H-pyrrole nitrogens is 1. The Kier molecular flexibility index (Phi) is 4.62. The summed E-state index contributed by atoms with van der Waals surface area (Å²) in [6.45, 7) is 4.17. The fourth-order valence-electron chi connectivity index (χ4n) is 1.12. The summed E-state index contributed by atoms with van der Waals surface area (Å²) in [7, 11) is 0. The van der Waals surface area contributed by atoms with Crippen molar-refractivity contribution in [3.05, 3.63) is 48.2 Å². The second-order valence-corrected chi connectivity index (χ2v) is 3.18. The van der Waals surface area contributed by atoms with Crippen LogP contribution in [-0.4, -0.2) is 4.98 Å². The van der Waals surface area contributed by atoms with Gasteiger partial charge >= 0.3 is 0 Å². The van der Waals surface area contributed by atoms with Crippen molar-refractivity contribution in [3.63, 3.8) is 0 Å². The molecule has 0 saturated carbocycles. The van der Waals surface area contributed by atoms with E-state index in [-0.39, 0.29) is 0 Å². The van der Waals surface area contributed by atoms with Crippen molar-refractivity contribution in [2.45, 2.75) is 26.7 Å². The Balaban J connectivity index is 0.000000146. The zero-order valence-corrected chi connectivity index (χ0v) is 8.79. The highest BCUT2D eigenvalue weighted by atomic mass is 16.3. The lowest BCUT2D eigenvalue weighted by Gasteiger charge is -1.85. The van der Waals surface area contributed by atoms with E-state index in [0.717, 1.165) is 18.6 Å². The van der Waals surface area contributed by atoms with Crippen molar-refractivity contribution < 1.29 is 4.42 Å². The van der Waals surface area contributed by atoms with Crippen LogP contribution in [0.4, 0.5) is 0 Å². The second kappa shape index (κ2) is 6.08. The normalized spacial score (nSPS) is 9.29. The maximum atomic E-state index is 5.07. The van der Waals surface area contributed by atoms with Crippen molar-refractivity contribution in [1.82, 2.24) is 4.98 Å². The molecule has 2 aromatic rings. The minimum absolute atomic E-state index is 1.06. The number of aryl methyl sites for hydroxylation is 2. The van der Waals surface area contributed by atoms with Crippen molar-refractivity contribution in [3.8, 4) is 0 Å². The van der Waals surface area contributed by atoms with Crippen LogP contribution >= 0.6 is 0 Å². The van der Waals surface area contributed by atoms with E-state index in [1.165, 1.54) is 5.69 Å². The molecular formula is C12H17NO. The summed E-state index contributed by atoms with van der Waals surface area (Å²) < 4.78 is 5.07. The van der Waals surface area contributed by atoms with Gasteiger partial charge in [-0.15, -0.1) is 0 Å². The lowest BCUT2D eigenvalue weighted by atomic mass is 10.3. The van der Waals surface area contributed by atoms with E-state index in [0.29, 0.717) is 0 Å². The Morgan fingerprint density at radius 3 is 2.50 bits per heavy atom. The molecule has 0 amide bonds. The molecule has 0 aliphatic heterocycles. The molecule has 0 aliphatic carbocycles. The summed E-state index contributed by atoms with van der Waals surface area (Å²) in [5.74, 6) is 1.09. The molecule has 0 fully saturated rings. The van der Waals surface area contributed by atoms with Crippen LogP contribution in [0.1, 0.15) is 24.8 Å². The summed E-state index contributed by atoms with van der Waals surface area (Å²) >= 11 is 0. The van der Waals surface area contributed by atoms with Gasteiger partial charge < -0.3 is 9.40 Å². The smallest absolute Gasteiger partial charge is 0.103 e. The largest absolute Gasteiger partial charge is 0.469 e. The summed E-state index contributed by atoms with van der Waals surface area (Å²) in [5, 5.41) is 0. The van der Waals surface area contributed by atoms with Crippen LogP contribution in [0.25, 0.3) is 0 Å². The van der Waals surface area contributed by atoms with Gasteiger partial charge in [0.05, 0.1) is 6.26 Å². The molecule has 2 rings (SSSR count). The highest BCUT2D eigenvalue weighted by molar-refractivity contribution is 4.99. The number of furan rings is 1. The van der Waals surface area contributed by atoms with Crippen LogP contribution in [0.15, 0.2) is 41.1 Å². The van der Waals surface area contributed by atoms with Gasteiger partial charge in [0.2, 0.25) is 0 Å². The van der Waals surface area contributed by atoms with E-state index in [2.05, 4.69) is 11.9 Å². The molecule has 2 nitrogen and oxygen atoms in total. The number of aromatic nitrogens is 1. The molecule has 0 unspecified atom stereocenters. The first-order chi connectivity index (χ1) is 6.83. The second-order valence-electron chi connectivity index (χ2n) is 3.18. The van der Waals surface area contributed by atoms with Gasteiger partial charge in [-0.1, -0.05) is 6.92 Å². The number of hydrogen-bond donors (Lipinski definition) is 1. The molecule has 0 bridgehead atoms. The van der Waals surface area contributed by atoms with E-state index < -0.39 is 0 Å². The van der Waals surface area contributed by atoms with E-state index in [1.807, 2.05) is 37.4 Å². The Morgan fingerprint density at radius 2 is 2.14 bits per heavy atom. The van der Waals surface area contributed by atoms with Gasteiger partial charge in [-0.05, 0) is 37.6 Å². The molecular weight excluding hydrogens is 174 g/mol. The van der Waals surface area contributed by atoms with Crippen molar-refractivity contribution in [1.29, 1.82) is 0 Å². The Labute approximate surface area is 85.0 Å². The van der Waals surface area contributed by atoms with Crippen LogP contribution in [0, 0.1) is 6.92 Å². The standard InChI is InChI=1S/C7H10O.C5H7N/c1-2-4-7-5-3-6-8-7;1-5-3-2-4-6-5/h3,5-6H,2,4H2,1H3;2-4,6H,1H3. The van der Waals surface area contributed by atoms with Crippen LogP contribution in [0.2, 0.25) is 0 Å². The van der Waals surface area contributed by atoms with Gasteiger partial charge in [-0.2, -0.15) is 0 Å². The molecule has 0 aliphatic rings. The van der Waals surface area contributed by atoms with Gasteiger partial charge in [0, 0.05) is 18.3 Å². The minimum atomic E-state index is 1.06. The van der Waals surface area contributed by atoms with Gasteiger partial charge in [-0.25, -0.2) is 0 Å². The van der Waals surface area contributed by atoms with Crippen LogP contribution in [0.3, 0.4) is 0 Å². The van der Waals surface area contributed by atoms with Gasteiger partial charge in [0.25, 0.3) is 0 Å². The zero-order valence-electron chi connectivity index (χ0n) is 8.79. The van der Waals surface area contributed by atoms with Gasteiger partial charge in [-0.3, -0.25) is 0 Å². The van der Waals surface area contributed by atoms with Gasteiger partial charge in [0.1, 0.15) is 5.76 Å². The number of nitrogens with one attached hydrogen (secondary N) is 1. The maximum Gasteiger partial charge on any atom is 0.103 e. The number of rotatable bonds is 2. The summed E-state index contributed by atoms with van der Waals surface area (Å²) in [5.41, 5.74) is 1.22. The molecule has 2 heteroatoms. The summed E-state index contributed by atoms with van der Waals surface area (Å²) in [6.07, 6.45) is 5.85. The quantitative estimate of drug-likeness (QED) is 0.772. The molecule has 0 radical (unpaired) electrons. The number of aromatic amines is 1. The third-order valence-electron chi connectivity index (χ3n) is 1.83. The monoisotopic (exact) mass is 191 g/mol. The fraction of sp³-hybridized carbons (Fsp3) is 0.333. The van der Waals surface area contributed by atoms with Crippen molar-refractivity contribution >= 4 is 0 Å². The molecule has 2 heterocycles. The van der Waals surface area contributed by atoms with E-state index in [4.69, 9.17) is 4.42 Å². The number of hydrogen-bond acceptors (Lipinski definition) is 1. The Morgan fingerprint density at radius 1 is 1.29 bits per heavy atom. The van der Waals surface area contributed by atoms with Crippen molar-refractivity contribution in [2.24, 2.45) is 0 Å². The average molecular weight is 191 g/mol. The molecule has 0 atom stereocenters. The van der Waals surface area contributed by atoms with Gasteiger partial charge in [0.15, 0.2) is 0 Å². The molecule has 14 heavy (non-hydrogen) atoms. The third-order valence-corrected chi connectivity index (χ3v) is 1.83. The first-order valence-corrected chi connectivity index (χ1v) is 4.95. The van der Waals surface area contributed by atoms with Crippen molar-refractivity contribution in [2.75, 3.05) is 0 Å². The zero-order chi connectivity index (χ0) is 10.2. The lowest BCUT2D eigenvalue weighted by molar-refractivity contribution is 0.506. The SMILES string of the molecule is CCCc1ccco1.Cc1ccc[nH]1. The average Bonchev–Trinajstić information content (AvgIpc) is 2.79. The maximum absolute atomic E-state index is 5.07. The molecule has 2 aromatic heterocycles. The highest BCUT2D eigenvalue weighted by Crippen LogP contribution is 2.01. The predicted molar refractivity (Wildman–Crippen MR) is 58.2 cm³/mol.